The second-order valence-electron chi connectivity index (χ2n) is 7.37. The number of fused-ring (bicyclic) bond motifs is 1. The second kappa shape index (κ2) is 8.33. The van der Waals surface area contributed by atoms with Crippen LogP contribution in [0.15, 0.2) is 42.5 Å². The van der Waals surface area contributed by atoms with Crippen LogP contribution in [0.4, 0.5) is 5.69 Å². The summed E-state index contributed by atoms with van der Waals surface area (Å²) in [6.07, 6.45) is 0.327. The molecule has 0 unspecified atom stereocenters. The molecule has 2 amide bonds. The summed E-state index contributed by atoms with van der Waals surface area (Å²) in [6.45, 7) is 2.98. The maximum Gasteiger partial charge on any atom is 0.253 e. The molecule has 2 aromatic rings. The zero-order chi connectivity index (χ0) is 20.3. The summed E-state index contributed by atoms with van der Waals surface area (Å²) in [7, 11) is 5.39. The Bertz CT molecular complexity index is 879. The summed E-state index contributed by atoms with van der Waals surface area (Å²) in [4.78, 5) is 28.3. The van der Waals surface area contributed by atoms with Crippen molar-refractivity contribution in [2.75, 3.05) is 32.6 Å². The number of amides is 2. The van der Waals surface area contributed by atoms with Crippen LogP contribution < -0.4 is 15.0 Å². The molecule has 6 heteroatoms. The van der Waals surface area contributed by atoms with E-state index in [1.807, 2.05) is 55.3 Å². The molecule has 1 atom stereocenters. The first-order valence-electron chi connectivity index (χ1n) is 9.39. The van der Waals surface area contributed by atoms with Crippen molar-refractivity contribution in [3.8, 4) is 5.75 Å². The van der Waals surface area contributed by atoms with Crippen molar-refractivity contribution in [2.24, 2.45) is 0 Å². The van der Waals surface area contributed by atoms with Crippen LogP contribution in [0, 0.1) is 6.92 Å². The van der Waals surface area contributed by atoms with Crippen LogP contribution in [-0.2, 0) is 11.3 Å². The Balaban J connectivity index is 1.65. The summed E-state index contributed by atoms with van der Waals surface area (Å²) >= 11 is 0. The highest BCUT2D eigenvalue weighted by atomic mass is 16.5. The van der Waals surface area contributed by atoms with Crippen LogP contribution in [-0.4, -0.2) is 50.5 Å². The number of anilines is 1. The predicted octanol–water partition coefficient (Wildman–Crippen LogP) is 2.60. The molecule has 0 fully saturated rings. The van der Waals surface area contributed by atoms with Gasteiger partial charge in [-0.2, -0.15) is 0 Å². The molecule has 1 heterocycles. The van der Waals surface area contributed by atoms with E-state index in [4.69, 9.17) is 4.74 Å². The number of nitrogens with one attached hydrogen (secondary N) is 1. The smallest absolute Gasteiger partial charge is 0.253 e. The molecule has 1 aliphatic rings. The Morgan fingerprint density at radius 2 is 1.96 bits per heavy atom. The molecular formula is C22H27N3O3. The summed E-state index contributed by atoms with van der Waals surface area (Å²) in [5.74, 6) is 0.649. The third kappa shape index (κ3) is 4.27. The van der Waals surface area contributed by atoms with Crippen molar-refractivity contribution in [1.29, 1.82) is 0 Å². The van der Waals surface area contributed by atoms with Gasteiger partial charge in [-0.1, -0.05) is 24.3 Å². The lowest BCUT2D eigenvalue weighted by molar-refractivity contribution is -0.121. The largest absolute Gasteiger partial charge is 0.489 e. The molecule has 1 aliphatic heterocycles. The van der Waals surface area contributed by atoms with E-state index in [-0.39, 0.29) is 17.9 Å². The summed E-state index contributed by atoms with van der Waals surface area (Å²) in [5.41, 5.74) is 3.70. The Hall–Kier alpha value is -3.02. The van der Waals surface area contributed by atoms with Crippen molar-refractivity contribution in [2.45, 2.75) is 25.9 Å². The number of likely N-dealkylation sites (N-methyl/N-ethyl adjacent to an activating group) is 1. The van der Waals surface area contributed by atoms with E-state index in [2.05, 4.69) is 5.32 Å². The molecule has 1 N–H and O–H groups in total. The second-order valence-corrected chi connectivity index (χ2v) is 7.37. The lowest BCUT2D eigenvalue weighted by Crippen LogP contribution is -2.43. The molecule has 28 heavy (non-hydrogen) atoms. The summed E-state index contributed by atoms with van der Waals surface area (Å²) in [6, 6.07) is 13.3. The van der Waals surface area contributed by atoms with E-state index in [0.29, 0.717) is 25.1 Å². The van der Waals surface area contributed by atoms with Crippen molar-refractivity contribution in [1.82, 2.24) is 10.2 Å². The van der Waals surface area contributed by atoms with Gasteiger partial charge in [-0.05, 0) is 36.2 Å². The molecule has 0 spiro atoms. The van der Waals surface area contributed by atoms with E-state index in [1.165, 1.54) is 0 Å². The van der Waals surface area contributed by atoms with Gasteiger partial charge in [-0.25, -0.2) is 0 Å². The molecular weight excluding hydrogens is 354 g/mol. The van der Waals surface area contributed by atoms with E-state index < -0.39 is 0 Å². The SMILES string of the molecule is Cc1ccccc1CNC(=O)C[C@H]1COc2ccc(C(=O)N(C)C)cc2N1C. The van der Waals surface area contributed by atoms with Gasteiger partial charge in [0.05, 0.1) is 18.2 Å². The molecule has 0 saturated carbocycles. The van der Waals surface area contributed by atoms with Gasteiger partial charge in [0.1, 0.15) is 12.4 Å². The number of nitrogens with zero attached hydrogens (tertiary/aromatic N) is 2. The van der Waals surface area contributed by atoms with Crippen LogP contribution in [0.2, 0.25) is 0 Å². The molecule has 2 aromatic carbocycles. The van der Waals surface area contributed by atoms with Gasteiger partial charge in [0.2, 0.25) is 5.91 Å². The molecule has 3 rings (SSSR count). The maximum atomic E-state index is 12.5. The third-order valence-corrected chi connectivity index (χ3v) is 5.13. The Morgan fingerprint density at radius 3 is 2.68 bits per heavy atom. The number of aryl methyl sites for hydroxylation is 1. The zero-order valence-electron chi connectivity index (χ0n) is 16.9. The van der Waals surface area contributed by atoms with Crippen LogP contribution in [0.5, 0.6) is 5.75 Å². The molecule has 0 aliphatic carbocycles. The van der Waals surface area contributed by atoms with Gasteiger partial charge in [0.25, 0.3) is 5.91 Å². The number of carbonyl (C=O) groups excluding carboxylic acids is 2. The van der Waals surface area contributed by atoms with Gasteiger partial charge >= 0.3 is 0 Å². The highest BCUT2D eigenvalue weighted by Gasteiger charge is 2.27. The van der Waals surface area contributed by atoms with E-state index in [0.717, 1.165) is 22.6 Å². The highest BCUT2D eigenvalue weighted by molar-refractivity contribution is 5.95. The normalized spacial score (nSPS) is 15.4. The van der Waals surface area contributed by atoms with Crippen LogP contribution in [0.25, 0.3) is 0 Å². The van der Waals surface area contributed by atoms with Crippen LogP contribution in [0.3, 0.4) is 0 Å². The number of rotatable bonds is 5. The van der Waals surface area contributed by atoms with Crippen LogP contribution in [0.1, 0.15) is 27.9 Å². The highest BCUT2D eigenvalue weighted by Crippen LogP contribution is 2.34. The Kier molecular flexibility index (Phi) is 5.87. The molecule has 0 aromatic heterocycles. The minimum absolute atomic E-state index is 0.0207. The fourth-order valence-corrected chi connectivity index (χ4v) is 3.29. The number of hydrogen-bond donors (Lipinski definition) is 1. The maximum absolute atomic E-state index is 12.5. The lowest BCUT2D eigenvalue weighted by atomic mass is 10.1. The molecule has 148 valence electrons. The van der Waals surface area contributed by atoms with Crippen molar-refractivity contribution < 1.29 is 14.3 Å². The molecule has 0 radical (unpaired) electrons. The average molecular weight is 381 g/mol. The topological polar surface area (TPSA) is 61.9 Å². The van der Waals surface area contributed by atoms with Crippen molar-refractivity contribution in [3.63, 3.8) is 0 Å². The quantitative estimate of drug-likeness (QED) is 0.865. The average Bonchev–Trinajstić information content (AvgIpc) is 2.68. The minimum atomic E-state index is -0.0888. The van der Waals surface area contributed by atoms with E-state index in [1.54, 1.807) is 25.1 Å². The first-order chi connectivity index (χ1) is 13.4. The molecule has 6 nitrogen and oxygen atoms in total. The van der Waals surface area contributed by atoms with Gasteiger partial charge in [-0.3, -0.25) is 9.59 Å². The monoisotopic (exact) mass is 381 g/mol. The predicted molar refractivity (Wildman–Crippen MR) is 110 cm³/mol. The molecule has 0 bridgehead atoms. The zero-order valence-corrected chi connectivity index (χ0v) is 16.9. The number of benzene rings is 2. The van der Waals surface area contributed by atoms with Crippen molar-refractivity contribution in [3.05, 3.63) is 59.2 Å². The van der Waals surface area contributed by atoms with E-state index in [9.17, 15) is 9.59 Å². The van der Waals surface area contributed by atoms with Gasteiger partial charge in [0.15, 0.2) is 0 Å². The Morgan fingerprint density at radius 1 is 1.21 bits per heavy atom. The minimum Gasteiger partial charge on any atom is -0.489 e. The first kappa shape index (κ1) is 19.7. The van der Waals surface area contributed by atoms with E-state index >= 15 is 0 Å². The molecule has 0 saturated heterocycles. The number of hydrogen-bond acceptors (Lipinski definition) is 4. The lowest BCUT2D eigenvalue weighted by Gasteiger charge is -2.35. The third-order valence-electron chi connectivity index (χ3n) is 5.13. The fraction of sp³-hybridized carbons (Fsp3) is 0.364. The summed E-state index contributed by atoms with van der Waals surface area (Å²) in [5, 5.41) is 2.99. The summed E-state index contributed by atoms with van der Waals surface area (Å²) < 4.78 is 5.84. The van der Waals surface area contributed by atoms with Crippen LogP contribution >= 0.6 is 0 Å². The number of carbonyl (C=O) groups is 2. The standard InChI is InChI=1S/C22H27N3O3/c1-15-7-5-6-8-17(15)13-23-21(26)12-18-14-28-20-10-9-16(22(27)24(2)3)11-19(20)25(18)4/h5-11,18H,12-14H2,1-4H3,(H,23,26)/t18-/m0/s1. The van der Waals surface area contributed by atoms with Gasteiger partial charge in [0, 0.05) is 33.3 Å². The van der Waals surface area contributed by atoms with Gasteiger partial charge < -0.3 is 19.9 Å². The number of ether oxygens (including phenoxy) is 1. The fourth-order valence-electron chi connectivity index (χ4n) is 3.29. The first-order valence-corrected chi connectivity index (χ1v) is 9.39. The Labute approximate surface area is 166 Å². The van der Waals surface area contributed by atoms with Crippen molar-refractivity contribution >= 4 is 17.5 Å². The van der Waals surface area contributed by atoms with Gasteiger partial charge in [-0.15, -0.1) is 0 Å².